The van der Waals surface area contributed by atoms with Crippen LogP contribution in [0.3, 0.4) is 0 Å². The number of piperidine rings is 1. The number of ketones is 3. The smallest absolute Gasteiger partial charge is 0.329 e. The van der Waals surface area contributed by atoms with Crippen LogP contribution in [0.5, 0.6) is 0 Å². The zero-order chi connectivity index (χ0) is 51.3. The van der Waals surface area contributed by atoms with Gasteiger partial charge in [-0.1, -0.05) is 71.1 Å². The predicted octanol–water partition coefficient (Wildman–Crippen LogP) is 8.47. The molecule has 69 heavy (non-hydrogen) atoms. The Morgan fingerprint density at radius 2 is 1.57 bits per heavy atom. The summed E-state index contributed by atoms with van der Waals surface area (Å²) in [7, 11) is 2.62. The number of allylic oxidation sites excluding steroid dienone is 6. The molecule has 0 aromatic heterocycles. The molecule has 2 N–H and O–H groups in total. The summed E-state index contributed by atoms with van der Waals surface area (Å²) in [4.78, 5) is 71.4. The fourth-order valence-corrected chi connectivity index (χ4v) is 11.2. The Bertz CT molecular complexity index is 1870. The standard InChI is InChI=1S/C54H87NO13Si/c1-35-20-16-14-13-15-17-21-36(2)47(57)49(65-10)48(58)37(3)23-27-40(56)33-41(29-25-39-26-30-44(46(32-39)64-9)68-69(11,12)53(5,6)7)66-52(61)43-22-18-19-31-55(43)51(60)50(59)54(62)38(4)24-28-42(67-54)34-45(35)63-8/h13-16,20,23,36,38-39,41-46,48-49,58,62H,17-19,21-22,24-34H2,1-12H3/b15-13+,16-14+,35-20+,37-23+/t36-,38-,39-,41-,42+,43+,44?,45+,46-,48-,49+,54-/m1/s1. The first-order valence-electron chi connectivity index (χ1n) is 25.6. The average Bonchev–Trinajstić information content (AvgIpc) is 3.31. The Balaban J connectivity index is 1.63. The summed E-state index contributed by atoms with van der Waals surface area (Å²) in [6.07, 6.45) is 13.8. The van der Waals surface area contributed by atoms with Gasteiger partial charge in [0.2, 0.25) is 5.79 Å². The summed E-state index contributed by atoms with van der Waals surface area (Å²) in [5.41, 5.74) is 1.30. The van der Waals surface area contributed by atoms with Crippen molar-refractivity contribution >= 4 is 37.5 Å². The van der Waals surface area contributed by atoms with Crippen LogP contribution in [0.15, 0.2) is 47.6 Å². The molecular formula is C54H87NO13Si. The molecule has 3 aliphatic heterocycles. The number of amides is 1. The molecule has 1 amide bonds. The van der Waals surface area contributed by atoms with Crippen molar-refractivity contribution in [2.75, 3.05) is 27.9 Å². The fourth-order valence-electron chi connectivity index (χ4n) is 9.86. The van der Waals surface area contributed by atoms with E-state index in [0.29, 0.717) is 63.4 Å². The van der Waals surface area contributed by atoms with Crippen molar-refractivity contribution in [1.29, 1.82) is 0 Å². The number of nitrogens with zero attached hydrogens (tertiary/aromatic N) is 1. The molecule has 0 radical (unpaired) electrons. The van der Waals surface area contributed by atoms with E-state index in [9.17, 15) is 34.2 Å². The lowest BCUT2D eigenvalue weighted by molar-refractivity contribution is -0.265. The maximum atomic E-state index is 14.3. The van der Waals surface area contributed by atoms with E-state index in [1.54, 1.807) is 34.1 Å². The predicted molar refractivity (Wildman–Crippen MR) is 268 cm³/mol. The molecular weight excluding hydrogens is 899 g/mol. The van der Waals surface area contributed by atoms with Crippen LogP contribution in [-0.2, 0) is 52.1 Å². The molecule has 3 fully saturated rings. The van der Waals surface area contributed by atoms with Gasteiger partial charge in [-0.15, -0.1) is 0 Å². The van der Waals surface area contributed by atoms with Gasteiger partial charge in [-0.05, 0) is 126 Å². The normalized spacial score (nSPS) is 36.6. The number of carbonyl (C=O) groups excluding carboxylic acids is 5. The molecule has 12 atom stereocenters. The van der Waals surface area contributed by atoms with Crippen molar-refractivity contribution in [2.24, 2.45) is 17.8 Å². The Kier molecular flexibility index (Phi) is 22.4. The van der Waals surface area contributed by atoms with Crippen molar-refractivity contribution in [2.45, 2.75) is 217 Å². The van der Waals surface area contributed by atoms with Crippen LogP contribution < -0.4 is 0 Å². The SMILES string of the molecule is CO[C@H]1C[C@@H]2CC[C@@H](C)[C@@](O)(O2)C(=O)C(=O)N2CCCC[C@H]2C(=O)O[C@H](CC[C@@H]2CCC(O[Si](C)(C)C(C)(C)C)[C@H](OC)C2)CC(=O)C/C=C(\C)[C@@H](O)[C@@H](OC)C(=O)[C@H](C)CC/C=C/C=C/C=C/1C. The molecule has 2 bridgehead atoms. The summed E-state index contributed by atoms with van der Waals surface area (Å²) >= 11 is 0. The van der Waals surface area contributed by atoms with Gasteiger partial charge in [-0.3, -0.25) is 19.2 Å². The van der Waals surface area contributed by atoms with E-state index in [1.807, 2.05) is 44.2 Å². The zero-order valence-corrected chi connectivity index (χ0v) is 45.0. The molecule has 14 nitrogen and oxygen atoms in total. The van der Waals surface area contributed by atoms with Gasteiger partial charge < -0.3 is 43.2 Å². The van der Waals surface area contributed by atoms with Gasteiger partial charge in [-0.2, -0.15) is 0 Å². The molecule has 390 valence electrons. The number of fused-ring (bicyclic) bond motifs is 3. The summed E-state index contributed by atoms with van der Waals surface area (Å²) in [6, 6.07) is -1.11. The van der Waals surface area contributed by atoms with E-state index in [2.05, 4.69) is 33.9 Å². The van der Waals surface area contributed by atoms with Crippen LogP contribution in [0.4, 0.5) is 0 Å². The van der Waals surface area contributed by atoms with E-state index >= 15 is 0 Å². The minimum atomic E-state index is -2.41. The lowest BCUT2D eigenvalue weighted by atomic mass is 9.82. The monoisotopic (exact) mass is 986 g/mol. The summed E-state index contributed by atoms with van der Waals surface area (Å²) in [5, 5.41) is 23.3. The number of aliphatic hydroxyl groups excluding tert-OH is 1. The number of aliphatic hydroxyl groups is 2. The van der Waals surface area contributed by atoms with Crippen molar-refractivity contribution < 1.29 is 62.3 Å². The van der Waals surface area contributed by atoms with Crippen LogP contribution in [0.2, 0.25) is 18.1 Å². The highest BCUT2D eigenvalue weighted by atomic mass is 28.4. The number of cyclic esters (lactones) is 1. The van der Waals surface area contributed by atoms with E-state index < -0.39 is 80.2 Å². The second kappa shape index (κ2) is 26.5. The van der Waals surface area contributed by atoms with Crippen molar-refractivity contribution in [3.8, 4) is 0 Å². The molecule has 4 aliphatic rings. The summed E-state index contributed by atoms with van der Waals surface area (Å²) in [5.74, 6) is -6.64. The number of hydrogen-bond donors (Lipinski definition) is 2. The number of esters is 1. The van der Waals surface area contributed by atoms with Crippen LogP contribution in [0, 0.1) is 17.8 Å². The average molecular weight is 986 g/mol. The molecule has 3 heterocycles. The first-order valence-corrected chi connectivity index (χ1v) is 28.5. The molecule has 2 saturated heterocycles. The summed E-state index contributed by atoms with van der Waals surface area (Å²) < 4.78 is 36.6. The molecule has 1 saturated carbocycles. The van der Waals surface area contributed by atoms with E-state index in [4.69, 9.17) is 28.1 Å². The maximum absolute atomic E-state index is 14.3. The third-order valence-electron chi connectivity index (χ3n) is 15.7. The van der Waals surface area contributed by atoms with Crippen molar-refractivity contribution in [1.82, 2.24) is 4.90 Å². The Hall–Kier alpha value is -3.15. The third kappa shape index (κ3) is 15.9. The number of hydrogen-bond acceptors (Lipinski definition) is 13. The van der Waals surface area contributed by atoms with Crippen LogP contribution in [0.25, 0.3) is 0 Å². The zero-order valence-electron chi connectivity index (χ0n) is 44.0. The molecule has 0 aromatic rings. The van der Waals surface area contributed by atoms with Gasteiger partial charge in [0.05, 0.1) is 24.4 Å². The Morgan fingerprint density at radius 3 is 2.23 bits per heavy atom. The summed E-state index contributed by atoms with van der Waals surface area (Å²) in [6.45, 7) is 18.3. The minimum absolute atomic E-state index is 0.0321. The van der Waals surface area contributed by atoms with Crippen LogP contribution >= 0.6 is 0 Å². The van der Waals surface area contributed by atoms with Crippen molar-refractivity contribution in [3.63, 3.8) is 0 Å². The topological polar surface area (TPSA) is 184 Å². The number of methoxy groups -OCH3 is 3. The number of ether oxygens (including phenoxy) is 5. The molecule has 1 aliphatic carbocycles. The van der Waals surface area contributed by atoms with Gasteiger partial charge in [0.1, 0.15) is 30.1 Å². The first-order chi connectivity index (χ1) is 32.5. The van der Waals surface area contributed by atoms with Crippen molar-refractivity contribution in [3.05, 3.63) is 47.6 Å². The van der Waals surface area contributed by atoms with E-state index in [0.717, 1.165) is 24.8 Å². The highest BCUT2D eigenvalue weighted by molar-refractivity contribution is 6.74. The second-order valence-electron chi connectivity index (χ2n) is 21.8. The Labute approximate surface area is 414 Å². The van der Waals surface area contributed by atoms with Gasteiger partial charge in [-0.25, -0.2) is 4.79 Å². The third-order valence-corrected chi connectivity index (χ3v) is 20.2. The quantitative estimate of drug-likeness (QED) is 0.102. The highest BCUT2D eigenvalue weighted by Gasteiger charge is 2.53. The van der Waals surface area contributed by atoms with E-state index in [-0.39, 0.29) is 60.5 Å². The number of Topliss-reactive ketones (excluding diaryl/α,β-unsaturated/α-hetero) is 3. The maximum Gasteiger partial charge on any atom is 0.329 e. The molecule has 4 rings (SSSR count). The molecule has 0 aromatic carbocycles. The van der Waals surface area contributed by atoms with E-state index in [1.165, 1.54) is 12.0 Å². The van der Waals surface area contributed by atoms with Gasteiger partial charge in [0.15, 0.2) is 14.1 Å². The van der Waals surface area contributed by atoms with Gasteiger partial charge in [0, 0.05) is 59.0 Å². The largest absolute Gasteiger partial charge is 0.460 e. The van der Waals surface area contributed by atoms with Crippen LogP contribution in [-0.4, -0.2) is 135 Å². The number of rotatable bonds is 8. The molecule has 0 spiro atoms. The first kappa shape index (κ1) is 58.4. The van der Waals surface area contributed by atoms with Gasteiger partial charge in [0.25, 0.3) is 11.7 Å². The molecule has 1 unspecified atom stereocenters. The van der Waals surface area contributed by atoms with Crippen LogP contribution in [0.1, 0.15) is 145 Å². The fraction of sp³-hybridized carbons (Fsp3) is 0.759. The number of carbonyl (C=O) groups is 5. The lowest BCUT2D eigenvalue weighted by Gasteiger charge is -2.44. The van der Waals surface area contributed by atoms with Gasteiger partial charge >= 0.3 is 5.97 Å². The molecule has 15 heteroatoms. The highest BCUT2D eigenvalue weighted by Crippen LogP contribution is 2.41. The minimum Gasteiger partial charge on any atom is -0.460 e. The Morgan fingerprint density at radius 1 is 0.841 bits per heavy atom. The second-order valence-corrected chi connectivity index (χ2v) is 26.6. The lowest BCUT2D eigenvalue weighted by Crippen LogP contribution is -2.60.